The molecule has 1 aromatic carbocycles. The molecule has 0 bridgehead atoms. The Morgan fingerprint density at radius 2 is 1.84 bits per heavy atom. The number of nitrogens with one attached hydrogen (secondary N) is 1. The summed E-state index contributed by atoms with van der Waals surface area (Å²) in [5.74, 6) is -0.522. The average molecular weight is 340 g/mol. The monoisotopic (exact) mass is 340 g/mol. The normalized spacial score (nSPS) is 11.7. The van der Waals surface area contributed by atoms with E-state index < -0.39 is 0 Å². The van der Waals surface area contributed by atoms with Crippen molar-refractivity contribution in [1.29, 1.82) is 0 Å². The quantitative estimate of drug-likeness (QED) is 0.819. The van der Waals surface area contributed by atoms with Gasteiger partial charge in [0.25, 0.3) is 5.91 Å². The van der Waals surface area contributed by atoms with Crippen LogP contribution in [0.3, 0.4) is 0 Å². The first kappa shape index (κ1) is 18.6. The summed E-state index contributed by atoms with van der Waals surface area (Å²) in [4.78, 5) is 28.8. The Bertz CT molecular complexity index is 757. The van der Waals surface area contributed by atoms with Gasteiger partial charge in [0.15, 0.2) is 0 Å². The number of amides is 1. The number of carbonyl (C=O) groups is 2. The van der Waals surface area contributed by atoms with E-state index in [0.717, 1.165) is 11.3 Å². The van der Waals surface area contributed by atoms with Crippen molar-refractivity contribution in [1.82, 2.24) is 10.3 Å². The maximum Gasteiger partial charge on any atom is 0.310 e. The molecule has 0 saturated carbocycles. The number of esters is 1. The Kier molecular flexibility index (Phi) is 6.28. The summed E-state index contributed by atoms with van der Waals surface area (Å²) in [6.07, 6.45) is 0.113. The second kappa shape index (κ2) is 8.42. The molecule has 1 aromatic heterocycles. The molecule has 2 aromatic rings. The molecule has 0 aliphatic carbocycles. The van der Waals surface area contributed by atoms with Gasteiger partial charge in [0.05, 0.1) is 30.3 Å². The van der Waals surface area contributed by atoms with Crippen LogP contribution in [0.25, 0.3) is 0 Å². The van der Waals surface area contributed by atoms with Crippen molar-refractivity contribution in [2.75, 3.05) is 6.61 Å². The summed E-state index contributed by atoms with van der Waals surface area (Å²) in [6, 6.07) is 11.4. The van der Waals surface area contributed by atoms with Crippen molar-refractivity contribution in [3.63, 3.8) is 0 Å². The van der Waals surface area contributed by atoms with Gasteiger partial charge in [0.2, 0.25) is 0 Å². The molecule has 25 heavy (non-hydrogen) atoms. The lowest BCUT2D eigenvalue weighted by Crippen LogP contribution is -2.28. The van der Waals surface area contributed by atoms with Crippen LogP contribution in [0.1, 0.15) is 52.8 Å². The molecule has 5 heteroatoms. The Morgan fingerprint density at radius 1 is 1.16 bits per heavy atom. The van der Waals surface area contributed by atoms with Crippen molar-refractivity contribution in [2.45, 2.75) is 40.2 Å². The summed E-state index contributed by atoms with van der Waals surface area (Å²) >= 11 is 0. The van der Waals surface area contributed by atoms with Crippen LogP contribution >= 0.6 is 0 Å². The smallest absolute Gasteiger partial charge is 0.310 e. The lowest BCUT2D eigenvalue weighted by Gasteiger charge is -2.16. The minimum Gasteiger partial charge on any atom is -0.466 e. The van der Waals surface area contributed by atoms with E-state index in [4.69, 9.17) is 4.74 Å². The highest BCUT2D eigenvalue weighted by atomic mass is 16.5. The summed E-state index contributed by atoms with van der Waals surface area (Å²) in [5, 5.41) is 2.98. The van der Waals surface area contributed by atoms with Gasteiger partial charge in [-0.05, 0) is 44.9 Å². The fraction of sp³-hybridized carbons (Fsp3) is 0.350. The molecule has 1 amide bonds. The van der Waals surface area contributed by atoms with E-state index in [1.807, 2.05) is 44.2 Å². The van der Waals surface area contributed by atoms with Crippen molar-refractivity contribution in [2.24, 2.45) is 0 Å². The minimum atomic E-state index is -0.319. The number of carbonyl (C=O) groups excluding carboxylic acids is 2. The van der Waals surface area contributed by atoms with Crippen LogP contribution in [0.2, 0.25) is 0 Å². The zero-order valence-electron chi connectivity index (χ0n) is 15.1. The Hall–Kier alpha value is -2.69. The van der Waals surface area contributed by atoms with E-state index in [-0.39, 0.29) is 24.3 Å². The Labute approximate surface area is 148 Å². The second-order valence-corrected chi connectivity index (χ2v) is 5.95. The van der Waals surface area contributed by atoms with Crippen molar-refractivity contribution >= 4 is 11.9 Å². The third kappa shape index (κ3) is 4.89. The molecule has 132 valence electrons. The molecule has 1 heterocycles. The van der Waals surface area contributed by atoms with Gasteiger partial charge in [0, 0.05) is 5.69 Å². The topological polar surface area (TPSA) is 68.3 Å². The number of rotatable bonds is 6. The lowest BCUT2D eigenvalue weighted by atomic mass is 10.0. The van der Waals surface area contributed by atoms with E-state index in [9.17, 15) is 9.59 Å². The second-order valence-electron chi connectivity index (χ2n) is 5.95. The molecule has 0 fully saturated rings. The van der Waals surface area contributed by atoms with E-state index in [1.165, 1.54) is 0 Å². The zero-order valence-corrected chi connectivity index (χ0v) is 15.1. The fourth-order valence-corrected chi connectivity index (χ4v) is 2.64. The summed E-state index contributed by atoms with van der Waals surface area (Å²) in [7, 11) is 0. The van der Waals surface area contributed by atoms with Crippen LogP contribution in [0.4, 0.5) is 0 Å². The zero-order chi connectivity index (χ0) is 18.4. The van der Waals surface area contributed by atoms with Gasteiger partial charge in [-0.15, -0.1) is 0 Å². The third-order valence-corrected chi connectivity index (χ3v) is 4.04. The largest absolute Gasteiger partial charge is 0.466 e. The molecular formula is C20H24N2O3. The van der Waals surface area contributed by atoms with Crippen molar-refractivity contribution in [3.05, 3.63) is 64.5 Å². The van der Waals surface area contributed by atoms with E-state index in [2.05, 4.69) is 10.3 Å². The minimum absolute atomic E-state index is 0.113. The molecule has 0 radical (unpaired) electrons. The third-order valence-electron chi connectivity index (χ3n) is 4.04. The SMILES string of the molecule is CCOC(=O)Cc1cc(C(=O)N[C@@H](C)c2ccccc2)c(C)nc1C. The molecule has 0 aliphatic rings. The average Bonchev–Trinajstić information content (AvgIpc) is 2.58. The van der Waals surface area contributed by atoms with E-state index >= 15 is 0 Å². The maximum atomic E-state index is 12.7. The first-order chi connectivity index (χ1) is 11.9. The molecule has 1 atom stereocenters. The van der Waals surface area contributed by atoms with Crippen LogP contribution in [-0.2, 0) is 16.0 Å². The lowest BCUT2D eigenvalue weighted by molar-refractivity contribution is -0.142. The molecular weight excluding hydrogens is 316 g/mol. The van der Waals surface area contributed by atoms with Gasteiger partial charge in [-0.3, -0.25) is 14.6 Å². The highest BCUT2D eigenvalue weighted by Gasteiger charge is 2.17. The molecule has 5 nitrogen and oxygen atoms in total. The van der Waals surface area contributed by atoms with Crippen molar-refractivity contribution in [3.8, 4) is 0 Å². The molecule has 0 saturated heterocycles. The van der Waals surface area contributed by atoms with E-state index in [0.29, 0.717) is 23.4 Å². The molecule has 2 rings (SSSR count). The maximum absolute atomic E-state index is 12.7. The number of hydrogen-bond acceptors (Lipinski definition) is 4. The van der Waals surface area contributed by atoms with Crippen LogP contribution in [-0.4, -0.2) is 23.5 Å². The predicted molar refractivity (Wildman–Crippen MR) is 96.4 cm³/mol. The Morgan fingerprint density at radius 3 is 2.48 bits per heavy atom. The molecule has 1 N–H and O–H groups in total. The van der Waals surface area contributed by atoms with Gasteiger partial charge in [0.1, 0.15) is 0 Å². The summed E-state index contributed by atoms with van der Waals surface area (Å²) < 4.78 is 4.99. The van der Waals surface area contributed by atoms with Crippen LogP contribution in [0, 0.1) is 13.8 Å². The van der Waals surface area contributed by atoms with Gasteiger partial charge in [-0.25, -0.2) is 0 Å². The van der Waals surface area contributed by atoms with Crippen LogP contribution in [0.5, 0.6) is 0 Å². The van der Waals surface area contributed by atoms with Crippen LogP contribution < -0.4 is 5.32 Å². The first-order valence-electron chi connectivity index (χ1n) is 8.41. The number of aryl methyl sites for hydroxylation is 2. The van der Waals surface area contributed by atoms with Gasteiger partial charge < -0.3 is 10.1 Å². The van der Waals surface area contributed by atoms with Gasteiger partial charge >= 0.3 is 5.97 Å². The predicted octanol–water partition coefficient (Wildman–Crippen LogP) is 3.30. The highest BCUT2D eigenvalue weighted by Crippen LogP contribution is 2.17. The standard InChI is InChI=1S/C20H24N2O3/c1-5-25-19(23)12-17-11-18(15(4)21-14(17)3)20(24)22-13(2)16-9-7-6-8-10-16/h6-11,13H,5,12H2,1-4H3,(H,22,24)/t13-/m0/s1. The number of benzene rings is 1. The van der Waals surface area contributed by atoms with Crippen molar-refractivity contribution < 1.29 is 14.3 Å². The van der Waals surface area contributed by atoms with Gasteiger partial charge in [-0.1, -0.05) is 30.3 Å². The highest BCUT2D eigenvalue weighted by molar-refractivity contribution is 5.95. The first-order valence-corrected chi connectivity index (χ1v) is 8.41. The molecule has 0 aliphatic heterocycles. The molecule has 0 spiro atoms. The fourth-order valence-electron chi connectivity index (χ4n) is 2.64. The van der Waals surface area contributed by atoms with Gasteiger partial charge in [-0.2, -0.15) is 0 Å². The number of pyridine rings is 1. The number of nitrogens with zero attached hydrogens (tertiary/aromatic N) is 1. The Balaban J connectivity index is 2.19. The van der Waals surface area contributed by atoms with E-state index in [1.54, 1.807) is 19.9 Å². The van der Waals surface area contributed by atoms with Crippen LogP contribution in [0.15, 0.2) is 36.4 Å². The number of ether oxygens (including phenoxy) is 1. The summed E-state index contributed by atoms with van der Waals surface area (Å²) in [6.45, 7) is 7.66. The summed E-state index contributed by atoms with van der Waals surface area (Å²) in [5.41, 5.74) is 3.59. The number of hydrogen-bond donors (Lipinski definition) is 1. The molecule has 0 unspecified atom stereocenters. The number of aromatic nitrogens is 1.